The quantitative estimate of drug-likeness (QED) is 0.641. The molecule has 1 aliphatic heterocycles. The monoisotopic (exact) mass is 397 g/mol. The molecule has 1 saturated heterocycles. The average molecular weight is 398 g/mol. The lowest BCUT2D eigenvalue weighted by molar-refractivity contribution is -0.136. The Kier molecular flexibility index (Phi) is 5.83. The maximum atomic E-state index is 13.1. The summed E-state index contributed by atoms with van der Waals surface area (Å²) >= 11 is 1.66. The summed E-state index contributed by atoms with van der Waals surface area (Å²) in [6.07, 6.45) is 3.53. The molecule has 1 aliphatic rings. The number of rotatable bonds is 6. The molecule has 0 bridgehead atoms. The van der Waals surface area contributed by atoms with Crippen molar-refractivity contribution in [1.82, 2.24) is 14.5 Å². The first-order valence-electron chi connectivity index (χ1n) is 9.56. The standard InChI is InChI=1S/C21H23N3O3S/c25-20(7-10-23-15-22-19-6-2-1-5-18(19)21(23)26)24(14-17-4-3-13-28-17)16-8-11-27-12-9-16/h1-6,13,15-16H,7-12,14H2. The van der Waals surface area contributed by atoms with E-state index in [-0.39, 0.29) is 23.9 Å². The van der Waals surface area contributed by atoms with Crippen LogP contribution in [0.25, 0.3) is 10.9 Å². The van der Waals surface area contributed by atoms with Crippen LogP contribution in [-0.4, -0.2) is 39.6 Å². The minimum absolute atomic E-state index is 0.0698. The third-order valence-corrected chi connectivity index (χ3v) is 6.02. The summed E-state index contributed by atoms with van der Waals surface area (Å²) in [6.45, 7) is 2.32. The number of hydrogen-bond acceptors (Lipinski definition) is 5. The summed E-state index contributed by atoms with van der Waals surface area (Å²) in [6, 6.07) is 11.5. The van der Waals surface area contributed by atoms with E-state index in [0.717, 1.165) is 12.8 Å². The van der Waals surface area contributed by atoms with E-state index in [4.69, 9.17) is 4.74 Å². The number of benzene rings is 1. The molecule has 146 valence electrons. The zero-order valence-electron chi connectivity index (χ0n) is 15.6. The summed E-state index contributed by atoms with van der Waals surface area (Å²) < 4.78 is 7.00. The van der Waals surface area contributed by atoms with Crippen molar-refractivity contribution in [3.63, 3.8) is 0 Å². The molecular weight excluding hydrogens is 374 g/mol. The number of amides is 1. The van der Waals surface area contributed by atoms with Gasteiger partial charge in [-0.25, -0.2) is 4.98 Å². The van der Waals surface area contributed by atoms with E-state index in [2.05, 4.69) is 11.1 Å². The predicted molar refractivity (Wildman–Crippen MR) is 109 cm³/mol. The molecule has 1 fully saturated rings. The fourth-order valence-corrected chi connectivity index (χ4v) is 4.32. The smallest absolute Gasteiger partial charge is 0.261 e. The third-order valence-electron chi connectivity index (χ3n) is 5.16. The van der Waals surface area contributed by atoms with Crippen LogP contribution >= 0.6 is 11.3 Å². The highest BCUT2D eigenvalue weighted by Crippen LogP contribution is 2.21. The number of carbonyl (C=O) groups is 1. The zero-order valence-corrected chi connectivity index (χ0v) is 16.4. The molecule has 6 nitrogen and oxygen atoms in total. The lowest BCUT2D eigenvalue weighted by atomic mass is 10.1. The maximum absolute atomic E-state index is 13.1. The summed E-state index contributed by atoms with van der Waals surface area (Å²) in [5.74, 6) is 0.0698. The van der Waals surface area contributed by atoms with Crippen LogP contribution in [-0.2, 0) is 22.6 Å². The Morgan fingerprint density at radius 3 is 2.82 bits per heavy atom. The Hall–Kier alpha value is -2.51. The molecule has 1 amide bonds. The van der Waals surface area contributed by atoms with E-state index >= 15 is 0 Å². The minimum atomic E-state index is -0.103. The van der Waals surface area contributed by atoms with Gasteiger partial charge in [0.25, 0.3) is 5.56 Å². The SMILES string of the molecule is O=C(CCn1cnc2ccccc2c1=O)N(Cc1cccs1)C1CCOCC1. The second-order valence-corrected chi connectivity index (χ2v) is 7.99. The second kappa shape index (κ2) is 8.67. The first-order chi connectivity index (χ1) is 13.7. The van der Waals surface area contributed by atoms with Crippen LogP contribution in [0.3, 0.4) is 0 Å². The number of nitrogens with zero attached hydrogens (tertiary/aromatic N) is 3. The molecule has 0 atom stereocenters. The normalized spacial score (nSPS) is 15.0. The van der Waals surface area contributed by atoms with E-state index in [9.17, 15) is 9.59 Å². The van der Waals surface area contributed by atoms with Crippen molar-refractivity contribution in [2.75, 3.05) is 13.2 Å². The predicted octanol–water partition coefficient (Wildman–Crippen LogP) is 3.06. The molecule has 2 aromatic heterocycles. The van der Waals surface area contributed by atoms with E-state index < -0.39 is 0 Å². The second-order valence-electron chi connectivity index (χ2n) is 6.95. The number of thiophene rings is 1. The third kappa shape index (κ3) is 4.15. The number of fused-ring (bicyclic) bond motifs is 1. The van der Waals surface area contributed by atoms with Crippen molar-refractivity contribution in [1.29, 1.82) is 0 Å². The summed E-state index contributed by atoms with van der Waals surface area (Å²) in [5.41, 5.74) is 0.575. The van der Waals surface area contributed by atoms with Gasteiger partial charge in [0.1, 0.15) is 0 Å². The molecule has 1 aromatic carbocycles. The molecule has 4 rings (SSSR count). The Labute approximate surface area is 167 Å². The zero-order chi connectivity index (χ0) is 19.3. The van der Waals surface area contributed by atoms with Crippen LogP contribution in [0, 0.1) is 0 Å². The van der Waals surface area contributed by atoms with Gasteiger partial charge in [0.15, 0.2) is 0 Å². The van der Waals surface area contributed by atoms with Gasteiger partial charge in [0.2, 0.25) is 5.91 Å². The fourth-order valence-electron chi connectivity index (χ4n) is 3.61. The number of aromatic nitrogens is 2. The van der Waals surface area contributed by atoms with Crippen LogP contribution in [0.2, 0.25) is 0 Å². The number of hydrogen-bond donors (Lipinski definition) is 0. The van der Waals surface area contributed by atoms with Gasteiger partial charge in [0.05, 0.1) is 23.8 Å². The van der Waals surface area contributed by atoms with Crippen LogP contribution in [0.5, 0.6) is 0 Å². The number of aryl methyl sites for hydroxylation is 1. The van der Waals surface area contributed by atoms with Gasteiger partial charge in [-0.15, -0.1) is 11.3 Å². The molecule has 0 spiro atoms. The average Bonchev–Trinajstić information content (AvgIpc) is 3.25. The topological polar surface area (TPSA) is 64.4 Å². The molecule has 0 aliphatic carbocycles. The van der Waals surface area contributed by atoms with E-state index in [1.54, 1.807) is 17.4 Å². The molecule has 3 aromatic rings. The molecule has 0 unspecified atom stereocenters. The van der Waals surface area contributed by atoms with Crippen LogP contribution in [0.4, 0.5) is 0 Å². The molecule has 0 radical (unpaired) electrons. The highest BCUT2D eigenvalue weighted by Gasteiger charge is 2.26. The number of carbonyl (C=O) groups excluding carboxylic acids is 1. The lowest BCUT2D eigenvalue weighted by Crippen LogP contribution is -2.43. The highest BCUT2D eigenvalue weighted by molar-refractivity contribution is 7.09. The van der Waals surface area contributed by atoms with Gasteiger partial charge < -0.3 is 9.64 Å². The van der Waals surface area contributed by atoms with Crippen LogP contribution < -0.4 is 5.56 Å². The van der Waals surface area contributed by atoms with Gasteiger partial charge >= 0.3 is 0 Å². The Balaban J connectivity index is 1.49. The lowest BCUT2D eigenvalue weighted by Gasteiger charge is -2.34. The van der Waals surface area contributed by atoms with Crippen molar-refractivity contribution in [2.45, 2.75) is 38.4 Å². The first kappa shape index (κ1) is 18.8. The Bertz CT molecular complexity index is 994. The van der Waals surface area contributed by atoms with Crippen LogP contribution in [0.1, 0.15) is 24.1 Å². The summed E-state index contributed by atoms with van der Waals surface area (Å²) in [7, 11) is 0. The minimum Gasteiger partial charge on any atom is -0.381 e. The van der Waals surface area contributed by atoms with Gasteiger partial charge in [-0.2, -0.15) is 0 Å². The Morgan fingerprint density at radius 1 is 1.21 bits per heavy atom. The van der Waals surface area contributed by atoms with E-state index in [1.807, 2.05) is 34.5 Å². The molecule has 28 heavy (non-hydrogen) atoms. The summed E-state index contributed by atoms with van der Waals surface area (Å²) in [5, 5.41) is 2.61. The van der Waals surface area contributed by atoms with Crippen molar-refractivity contribution < 1.29 is 9.53 Å². The van der Waals surface area contributed by atoms with E-state index in [0.29, 0.717) is 37.2 Å². The van der Waals surface area contributed by atoms with Crippen molar-refractivity contribution >= 4 is 28.1 Å². The fraction of sp³-hybridized carbons (Fsp3) is 0.381. The van der Waals surface area contributed by atoms with Crippen molar-refractivity contribution in [3.8, 4) is 0 Å². The van der Waals surface area contributed by atoms with Gasteiger partial charge in [0, 0.05) is 37.1 Å². The van der Waals surface area contributed by atoms with Crippen molar-refractivity contribution in [2.24, 2.45) is 0 Å². The first-order valence-corrected chi connectivity index (χ1v) is 10.4. The molecule has 3 heterocycles. The number of para-hydroxylation sites is 1. The Morgan fingerprint density at radius 2 is 2.04 bits per heavy atom. The molecular formula is C21H23N3O3S. The van der Waals surface area contributed by atoms with Gasteiger partial charge in [-0.3, -0.25) is 14.2 Å². The molecule has 0 N–H and O–H groups in total. The highest BCUT2D eigenvalue weighted by atomic mass is 32.1. The molecule has 0 saturated carbocycles. The number of ether oxygens (including phenoxy) is 1. The maximum Gasteiger partial charge on any atom is 0.261 e. The largest absolute Gasteiger partial charge is 0.381 e. The summed E-state index contributed by atoms with van der Waals surface area (Å²) in [4.78, 5) is 33.2. The van der Waals surface area contributed by atoms with Crippen LogP contribution in [0.15, 0.2) is 52.9 Å². The van der Waals surface area contributed by atoms with E-state index in [1.165, 1.54) is 15.8 Å². The van der Waals surface area contributed by atoms with Crippen molar-refractivity contribution in [3.05, 3.63) is 63.3 Å². The molecule has 7 heteroatoms. The van der Waals surface area contributed by atoms with Gasteiger partial charge in [-0.05, 0) is 36.4 Å². The van der Waals surface area contributed by atoms with Gasteiger partial charge in [-0.1, -0.05) is 18.2 Å².